The van der Waals surface area contributed by atoms with Crippen molar-refractivity contribution in [3.63, 3.8) is 0 Å². The maximum Gasteiger partial charge on any atom is 0.0733 e. The van der Waals surface area contributed by atoms with Crippen LogP contribution in [0.5, 0.6) is 0 Å². The quantitative estimate of drug-likeness (QED) is 0.602. The van der Waals surface area contributed by atoms with Gasteiger partial charge in [-0.25, -0.2) is 0 Å². The van der Waals surface area contributed by atoms with Crippen LogP contribution in [0.15, 0.2) is 0 Å². The third-order valence-electron chi connectivity index (χ3n) is 8.46. The highest BCUT2D eigenvalue weighted by Crippen LogP contribution is 2.56. The number of aliphatic hydroxyl groups excluding tert-OH is 1. The molecule has 0 spiro atoms. The van der Waals surface area contributed by atoms with Crippen molar-refractivity contribution in [1.82, 2.24) is 5.32 Å². The Balaban J connectivity index is 1.47. The average Bonchev–Trinajstić information content (AvgIpc) is 2.62. The zero-order valence-electron chi connectivity index (χ0n) is 17.3. The molecule has 5 fully saturated rings. The minimum Gasteiger partial charge on any atom is -0.396 e. The first kappa shape index (κ1) is 20.1. The summed E-state index contributed by atoms with van der Waals surface area (Å²) in [6, 6.07) is 0.263. The van der Waals surface area contributed by atoms with Gasteiger partial charge in [0.05, 0.1) is 17.4 Å². The van der Waals surface area contributed by atoms with Crippen molar-refractivity contribution in [2.45, 2.75) is 95.0 Å². The molecule has 5 rings (SSSR count). The van der Waals surface area contributed by atoms with Crippen LogP contribution in [0.2, 0.25) is 0 Å². The van der Waals surface area contributed by atoms with Crippen molar-refractivity contribution < 1.29 is 9.84 Å². The van der Waals surface area contributed by atoms with Crippen molar-refractivity contribution in [3.05, 3.63) is 0 Å². The standard InChI is InChI=1S/C22H41N3O2/c1-21(2)18-5-6-22(27-21,11-19(18)23)17-9-15(8-16(10-17)13-26)7-14-3-4-20(24)25-12-14/h14-20,25-26H,3-13,23-24H2,1-2H3/t14?,15-,16+,17+,18+,19+,20?,22+/m1/s1. The second-order valence-electron chi connectivity index (χ2n) is 10.8. The molecular formula is C22H41N3O2. The predicted molar refractivity (Wildman–Crippen MR) is 108 cm³/mol. The Hall–Kier alpha value is -0.200. The average molecular weight is 380 g/mol. The van der Waals surface area contributed by atoms with Crippen LogP contribution in [0, 0.1) is 29.6 Å². The van der Waals surface area contributed by atoms with E-state index in [0.29, 0.717) is 30.3 Å². The lowest BCUT2D eigenvalue weighted by molar-refractivity contribution is -0.271. The van der Waals surface area contributed by atoms with E-state index in [4.69, 9.17) is 16.2 Å². The lowest BCUT2D eigenvalue weighted by atomic mass is 9.57. The first-order chi connectivity index (χ1) is 12.8. The maximum atomic E-state index is 9.99. The highest BCUT2D eigenvalue weighted by atomic mass is 16.5. The SMILES string of the molecule is CC1(C)O[C@@]2([C@H]3C[C@H](CC4CCC(N)NC4)C[C@H](CO)C3)CC[C@H]1[C@@H](N)C2. The van der Waals surface area contributed by atoms with E-state index in [1.54, 1.807) is 0 Å². The minimum absolute atomic E-state index is 0.0586. The van der Waals surface area contributed by atoms with Gasteiger partial charge in [0.15, 0.2) is 0 Å². The molecule has 0 aromatic carbocycles. The Morgan fingerprint density at radius 2 is 1.81 bits per heavy atom. The molecule has 5 aliphatic rings. The molecule has 5 nitrogen and oxygen atoms in total. The Morgan fingerprint density at radius 1 is 1.04 bits per heavy atom. The van der Waals surface area contributed by atoms with Crippen LogP contribution < -0.4 is 16.8 Å². The fraction of sp³-hybridized carbons (Fsp3) is 1.00. The zero-order valence-corrected chi connectivity index (χ0v) is 17.3. The van der Waals surface area contributed by atoms with Gasteiger partial charge in [-0.1, -0.05) is 0 Å². The van der Waals surface area contributed by atoms with Crippen LogP contribution in [0.4, 0.5) is 0 Å². The van der Waals surface area contributed by atoms with E-state index in [0.717, 1.165) is 38.1 Å². The molecule has 2 bridgehead atoms. The summed E-state index contributed by atoms with van der Waals surface area (Å²) >= 11 is 0. The molecule has 0 radical (unpaired) electrons. The molecule has 6 N–H and O–H groups in total. The first-order valence-electron chi connectivity index (χ1n) is 11.4. The van der Waals surface area contributed by atoms with Gasteiger partial charge in [0.2, 0.25) is 0 Å². The van der Waals surface area contributed by atoms with Gasteiger partial charge in [0.1, 0.15) is 0 Å². The Labute approximate surface area is 165 Å². The Bertz CT molecular complexity index is 520. The van der Waals surface area contributed by atoms with Gasteiger partial charge < -0.3 is 26.6 Å². The molecule has 3 aliphatic heterocycles. The van der Waals surface area contributed by atoms with Gasteiger partial charge in [-0.05, 0) is 102 Å². The number of hydrogen-bond donors (Lipinski definition) is 4. The smallest absolute Gasteiger partial charge is 0.0733 e. The normalized spacial score (nSPS) is 49.9. The van der Waals surface area contributed by atoms with E-state index >= 15 is 0 Å². The van der Waals surface area contributed by atoms with Crippen LogP contribution in [0.3, 0.4) is 0 Å². The number of hydrogen-bond acceptors (Lipinski definition) is 5. The topological polar surface area (TPSA) is 93.5 Å². The van der Waals surface area contributed by atoms with Gasteiger partial charge >= 0.3 is 0 Å². The van der Waals surface area contributed by atoms with Crippen molar-refractivity contribution in [2.24, 2.45) is 41.1 Å². The number of nitrogens with one attached hydrogen (secondary N) is 1. The van der Waals surface area contributed by atoms with E-state index in [2.05, 4.69) is 19.2 Å². The van der Waals surface area contributed by atoms with Gasteiger partial charge in [0.25, 0.3) is 0 Å². The molecule has 2 unspecified atom stereocenters. The molecular weight excluding hydrogens is 338 g/mol. The highest BCUT2D eigenvalue weighted by molar-refractivity contribution is 5.09. The summed E-state index contributed by atoms with van der Waals surface area (Å²) in [6.45, 7) is 5.85. The van der Waals surface area contributed by atoms with Crippen molar-refractivity contribution >= 4 is 0 Å². The number of fused-ring (bicyclic) bond motifs is 3. The van der Waals surface area contributed by atoms with E-state index < -0.39 is 0 Å². The molecule has 27 heavy (non-hydrogen) atoms. The minimum atomic E-state index is -0.110. The van der Waals surface area contributed by atoms with E-state index in [1.807, 2.05) is 0 Å². The number of nitrogens with two attached hydrogens (primary N) is 2. The second-order valence-corrected chi connectivity index (χ2v) is 10.8. The number of piperidine rings is 1. The monoisotopic (exact) mass is 379 g/mol. The fourth-order valence-electron chi connectivity index (χ4n) is 7.21. The first-order valence-corrected chi connectivity index (χ1v) is 11.4. The van der Waals surface area contributed by atoms with Gasteiger partial charge in [-0.2, -0.15) is 0 Å². The van der Waals surface area contributed by atoms with Crippen LogP contribution in [-0.2, 0) is 4.74 Å². The molecule has 3 heterocycles. The molecule has 0 aromatic rings. The van der Waals surface area contributed by atoms with Crippen molar-refractivity contribution in [2.75, 3.05) is 13.2 Å². The second kappa shape index (κ2) is 7.56. The zero-order chi connectivity index (χ0) is 19.2. The van der Waals surface area contributed by atoms with E-state index in [1.165, 1.54) is 32.1 Å². The molecule has 5 heteroatoms. The molecule has 0 aromatic heterocycles. The predicted octanol–water partition coefficient (Wildman–Crippen LogP) is 2.36. The lowest BCUT2D eigenvalue weighted by Crippen LogP contribution is -2.66. The van der Waals surface area contributed by atoms with Crippen molar-refractivity contribution in [1.29, 1.82) is 0 Å². The molecule has 0 amide bonds. The van der Waals surface area contributed by atoms with Crippen LogP contribution in [0.1, 0.15) is 71.6 Å². The number of ether oxygens (including phenoxy) is 1. The third-order valence-corrected chi connectivity index (χ3v) is 8.46. The summed E-state index contributed by atoms with van der Waals surface area (Å²) in [7, 11) is 0. The van der Waals surface area contributed by atoms with Crippen molar-refractivity contribution in [3.8, 4) is 0 Å². The summed E-state index contributed by atoms with van der Waals surface area (Å²) in [4.78, 5) is 0. The maximum absolute atomic E-state index is 9.99. The Kier molecular flexibility index (Phi) is 5.63. The summed E-state index contributed by atoms with van der Waals surface area (Å²) in [5.41, 5.74) is 12.4. The Morgan fingerprint density at radius 3 is 2.44 bits per heavy atom. The molecule has 3 saturated heterocycles. The molecule has 156 valence electrons. The molecule has 8 atom stereocenters. The van der Waals surface area contributed by atoms with Gasteiger partial charge in [0, 0.05) is 18.6 Å². The third kappa shape index (κ3) is 3.95. The largest absolute Gasteiger partial charge is 0.396 e. The number of rotatable bonds is 4. The summed E-state index contributed by atoms with van der Waals surface area (Å²) in [5, 5.41) is 13.4. The summed E-state index contributed by atoms with van der Waals surface area (Å²) in [5.74, 6) is 2.87. The van der Waals surface area contributed by atoms with Crippen LogP contribution in [0.25, 0.3) is 0 Å². The molecule has 2 saturated carbocycles. The van der Waals surface area contributed by atoms with E-state index in [9.17, 15) is 5.11 Å². The summed E-state index contributed by atoms with van der Waals surface area (Å²) < 4.78 is 6.82. The van der Waals surface area contributed by atoms with E-state index in [-0.39, 0.29) is 23.4 Å². The van der Waals surface area contributed by atoms with Gasteiger partial charge in [-0.3, -0.25) is 0 Å². The number of aliphatic hydroxyl groups is 1. The molecule has 2 aliphatic carbocycles. The van der Waals surface area contributed by atoms with Crippen LogP contribution >= 0.6 is 0 Å². The fourth-order valence-corrected chi connectivity index (χ4v) is 7.21. The lowest BCUT2D eigenvalue weighted by Gasteiger charge is -2.61. The van der Waals surface area contributed by atoms with Crippen LogP contribution in [-0.4, -0.2) is 41.7 Å². The summed E-state index contributed by atoms with van der Waals surface area (Å²) in [6.07, 6.45) is 10.6. The van der Waals surface area contributed by atoms with Gasteiger partial charge in [-0.15, -0.1) is 0 Å². The highest BCUT2D eigenvalue weighted by Gasteiger charge is 2.58.